The minimum atomic E-state index is 0.0391. The van der Waals surface area contributed by atoms with Gasteiger partial charge in [-0.2, -0.15) is 0 Å². The van der Waals surface area contributed by atoms with Crippen LogP contribution in [0.1, 0.15) is 31.2 Å². The Morgan fingerprint density at radius 2 is 2.14 bits per heavy atom. The van der Waals surface area contributed by atoms with Crippen molar-refractivity contribution in [3.05, 3.63) is 17.5 Å². The van der Waals surface area contributed by atoms with Gasteiger partial charge in [0.1, 0.15) is 0 Å². The molecule has 2 fully saturated rings. The van der Waals surface area contributed by atoms with Gasteiger partial charge in [0.15, 0.2) is 5.76 Å². The molecule has 6 heteroatoms. The molecule has 1 aromatic rings. The van der Waals surface area contributed by atoms with Crippen molar-refractivity contribution < 1.29 is 14.1 Å². The summed E-state index contributed by atoms with van der Waals surface area (Å²) in [6, 6.07) is 1.97. The van der Waals surface area contributed by atoms with Crippen molar-refractivity contribution in [3.63, 3.8) is 0 Å². The number of carbonyl (C=O) groups excluding carboxylic acids is 1. The molecule has 3 heterocycles. The second-order valence-electron chi connectivity index (χ2n) is 6.36. The molecule has 0 N–H and O–H groups in total. The van der Waals surface area contributed by atoms with Crippen molar-refractivity contribution in [2.45, 2.75) is 39.3 Å². The predicted octanol–water partition coefficient (Wildman–Crippen LogP) is 1.44. The largest absolute Gasteiger partial charge is 0.378 e. The van der Waals surface area contributed by atoms with Crippen molar-refractivity contribution >= 4 is 5.91 Å². The van der Waals surface area contributed by atoms with Crippen LogP contribution in [0.5, 0.6) is 0 Å². The third kappa shape index (κ3) is 3.50. The first-order chi connectivity index (χ1) is 10.6. The zero-order chi connectivity index (χ0) is 15.5. The van der Waals surface area contributed by atoms with Gasteiger partial charge < -0.3 is 14.2 Å². The number of hydrogen-bond donors (Lipinski definition) is 0. The maximum atomic E-state index is 12.6. The Bertz CT molecular complexity index is 508. The third-order valence-corrected chi connectivity index (χ3v) is 4.66. The van der Waals surface area contributed by atoms with Gasteiger partial charge in [-0.15, -0.1) is 0 Å². The lowest BCUT2D eigenvalue weighted by atomic mass is 9.93. The Kier molecular flexibility index (Phi) is 4.78. The van der Waals surface area contributed by atoms with E-state index in [1.807, 2.05) is 24.8 Å². The van der Waals surface area contributed by atoms with Gasteiger partial charge in [0.2, 0.25) is 5.91 Å². The van der Waals surface area contributed by atoms with Crippen LogP contribution in [0, 0.1) is 12.8 Å². The Balaban J connectivity index is 1.49. The third-order valence-electron chi connectivity index (χ3n) is 4.66. The lowest BCUT2D eigenvalue weighted by molar-refractivity contribution is -0.145. The number of ether oxygens (including phenoxy) is 1. The first kappa shape index (κ1) is 15.5. The summed E-state index contributed by atoms with van der Waals surface area (Å²) >= 11 is 0. The van der Waals surface area contributed by atoms with E-state index in [1.165, 1.54) is 0 Å². The van der Waals surface area contributed by atoms with Gasteiger partial charge in [-0.25, -0.2) is 0 Å². The van der Waals surface area contributed by atoms with Crippen molar-refractivity contribution in [2.75, 3.05) is 32.8 Å². The molecule has 0 unspecified atom stereocenters. The second-order valence-corrected chi connectivity index (χ2v) is 6.36. The summed E-state index contributed by atoms with van der Waals surface area (Å²) in [5, 5.41) is 3.91. The van der Waals surface area contributed by atoms with Gasteiger partial charge >= 0.3 is 0 Å². The predicted molar refractivity (Wildman–Crippen MR) is 81.2 cm³/mol. The topological polar surface area (TPSA) is 58.8 Å². The maximum absolute atomic E-state index is 12.6. The molecule has 122 valence electrons. The minimum absolute atomic E-state index is 0.0391. The number of piperazine rings is 1. The van der Waals surface area contributed by atoms with Crippen molar-refractivity contribution in [1.29, 1.82) is 0 Å². The molecule has 0 saturated carbocycles. The molecule has 2 atom stereocenters. The molecule has 0 aliphatic carbocycles. The van der Waals surface area contributed by atoms with Crippen molar-refractivity contribution in [2.24, 2.45) is 5.92 Å². The van der Waals surface area contributed by atoms with Gasteiger partial charge in [-0.3, -0.25) is 9.69 Å². The molecule has 0 spiro atoms. The molecule has 22 heavy (non-hydrogen) atoms. The molecule has 1 aromatic heterocycles. The monoisotopic (exact) mass is 307 g/mol. The molecule has 6 nitrogen and oxygen atoms in total. The number of rotatable bonds is 3. The number of carbonyl (C=O) groups is 1. The Morgan fingerprint density at radius 1 is 1.36 bits per heavy atom. The van der Waals surface area contributed by atoms with Crippen molar-refractivity contribution in [3.8, 4) is 0 Å². The van der Waals surface area contributed by atoms with E-state index >= 15 is 0 Å². The fourth-order valence-electron chi connectivity index (χ4n) is 3.32. The molecule has 2 saturated heterocycles. The summed E-state index contributed by atoms with van der Waals surface area (Å²) < 4.78 is 10.9. The van der Waals surface area contributed by atoms with E-state index in [1.54, 1.807) is 0 Å². The lowest BCUT2D eigenvalue weighted by Gasteiger charge is -2.38. The van der Waals surface area contributed by atoms with Crippen LogP contribution in [-0.4, -0.2) is 59.8 Å². The molecule has 2 aliphatic rings. The van der Waals surface area contributed by atoms with Crippen LogP contribution in [0.3, 0.4) is 0 Å². The maximum Gasteiger partial charge on any atom is 0.228 e. The van der Waals surface area contributed by atoms with Gasteiger partial charge in [0, 0.05) is 38.9 Å². The van der Waals surface area contributed by atoms with E-state index in [9.17, 15) is 4.79 Å². The summed E-state index contributed by atoms with van der Waals surface area (Å²) in [5.41, 5.74) is 0.912. The highest BCUT2D eigenvalue weighted by atomic mass is 16.5. The summed E-state index contributed by atoms with van der Waals surface area (Å²) in [6.07, 6.45) is 2.00. The molecule has 3 rings (SSSR count). The Morgan fingerprint density at radius 3 is 2.77 bits per heavy atom. The number of aryl methyl sites for hydroxylation is 1. The highest BCUT2D eigenvalue weighted by Crippen LogP contribution is 2.23. The van der Waals surface area contributed by atoms with Crippen LogP contribution in [-0.2, 0) is 16.1 Å². The molecular weight excluding hydrogens is 282 g/mol. The first-order valence-corrected chi connectivity index (χ1v) is 8.18. The highest BCUT2D eigenvalue weighted by molar-refractivity contribution is 5.79. The quantitative estimate of drug-likeness (QED) is 0.846. The van der Waals surface area contributed by atoms with E-state index < -0.39 is 0 Å². The van der Waals surface area contributed by atoms with Gasteiger partial charge in [-0.05, 0) is 26.7 Å². The van der Waals surface area contributed by atoms with Crippen LogP contribution in [0.25, 0.3) is 0 Å². The van der Waals surface area contributed by atoms with Crippen LogP contribution in [0.4, 0.5) is 0 Å². The lowest BCUT2D eigenvalue weighted by Crippen LogP contribution is -2.52. The molecule has 0 radical (unpaired) electrons. The molecular formula is C16H25N3O3. The molecule has 0 aromatic carbocycles. The van der Waals surface area contributed by atoms with Gasteiger partial charge in [-0.1, -0.05) is 5.16 Å². The average Bonchev–Trinajstić information content (AvgIpc) is 2.93. The minimum Gasteiger partial charge on any atom is -0.378 e. The number of aromatic nitrogens is 1. The number of amides is 1. The Hall–Kier alpha value is -1.40. The van der Waals surface area contributed by atoms with E-state index in [2.05, 4.69) is 10.1 Å². The van der Waals surface area contributed by atoms with E-state index in [4.69, 9.17) is 9.26 Å². The zero-order valence-electron chi connectivity index (χ0n) is 13.5. The normalized spacial score (nSPS) is 27.1. The van der Waals surface area contributed by atoms with Crippen molar-refractivity contribution in [1.82, 2.24) is 15.0 Å². The summed E-state index contributed by atoms with van der Waals surface area (Å²) in [4.78, 5) is 16.9. The smallest absolute Gasteiger partial charge is 0.228 e. The SMILES string of the molecule is Cc1cc(CN2CCN(C(=O)[C@H]3CCCO[C@H]3C)CC2)on1. The Labute approximate surface area is 131 Å². The average molecular weight is 307 g/mol. The van der Waals surface area contributed by atoms with E-state index in [-0.39, 0.29) is 17.9 Å². The molecule has 1 amide bonds. The van der Waals surface area contributed by atoms with Crippen LogP contribution in [0.2, 0.25) is 0 Å². The highest BCUT2D eigenvalue weighted by Gasteiger charge is 2.33. The van der Waals surface area contributed by atoms with E-state index in [0.29, 0.717) is 0 Å². The van der Waals surface area contributed by atoms with Crippen LogP contribution in [0.15, 0.2) is 10.6 Å². The van der Waals surface area contributed by atoms with Crippen LogP contribution >= 0.6 is 0 Å². The van der Waals surface area contributed by atoms with Crippen LogP contribution < -0.4 is 0 Å². The standard InChI is InChI=1S/C16H25N3O3/c1-12-10-14(22-17-12)11-18-5-7-19(8-6-18)16(20)15-4-3-9-21-13(15)2/h10,13,15H,3-9,11H2,1-2H3/t13-,15-/m0/s1. The number of nitrogens with zero attached hydrogens (tertiary/aromatic N) is 3. The zero-order valence-corrected chi connectivity index (χ0v) is 13.5. The summed E-state index contributed by atoms with van der Waals surface area (Å²) in [5.74, 6) is 1.20. The molecule has 2 aliphatic heterocycles. The first-order valence-electron chi connectivity index (χ1n) is 8.18. The summed E-state index contributed by atoms with van der Waals surface area (Å²) in [7, 11) is 0. The van der Waals surface area contributed by atoms with Gasteiger partial charge in [0.05, 0.1) is 24.3 Å². The van der Waals surface area contributed by atoms with Gasteiger partial charge in [0.25, 0.3) is 0 Å². The number of hydrogen-bond acceptors (Lipinski definition) is 5. The molecule has 0 bridgehead atoms. The fraction of sp³-hybridized carbons (Fsp3) is 0.750. The fourth-order valence-corrected chi connectivity index (χ4v) is 3.32. The second kappa shape index (κ2) is 6.79. The van der Waals surface area contributed by atoms with E-state index in [0.717, 1.165) is 63.6 Å². The summed E-state index contributed by atoms with van der Waals surface area (Å²) in [6.45, 7) is 8.84.